The van der Waals surface area contributed by atoms with Crippen LogP contribution in [-0.2, 0) is 11.8 Å². The summed E-state index contributed by atoms with van der Waals surface area (Å²) in [5, 5.41) is 7.99. The van der Waals surface area contributed by atoms with Gasteiger partial charge >= 0.3 is 0 Å². The summed E-state index contributed by atoms with van der Waals surface area (Å²) >= 11 is 6.14. The van der Waals surface area contributed by atoms with E-state index >= 15 is 0 Å². The number of nitrogens with zero attached hydrogens (tertiary/aromatic N) is 5. The first-order valence-electron chi connectivity index (χ1n) is 9.13. The lowest BCUT2D eigenvalue weighted by Gasteiger charge is -2.35. The fourth-order valence-electron chi connectivity index (χ4n) is 3.04. The van der Waals surface area contributed by atoms with Crippen LogP contribution in [0.15, 0.2) is 41.7 Å². The second kappa shape index (κ2) is 8.97. The van der Waals surface area contributed by atoms with E-state index in [1.807, 2.05) is 43.3 Å². The van der Waals surface area contributed by atoms with Crippen LogP contribution in [0.1, 0.15) is 6.92 Å². The highest BCUT2D eigenvalue weighted by atomic mass is 35.5. The largest absolute Gasteiger partial charge is 0.487 e. The molecular formula is C19H25ClN6O2. The number of piperazine rings is 1. The van der Waals surface area contributed by atoms with Crippen molar-refractivity contribution in [2.24, 2.45) is 12.0 Å². The fraction of sp³-hybridized carbons (Fsp3) is 0.421. The number of halogens is 1. The van der Waals surface area contributed by atoms with Crippen molar-refractivity contribution < 1.29 is 9.53 Å². The summed E-state index contributed by atoms with van der Waals surface area (Å²) in [6.07, 6.45) is 3.42. The SMILES string of the molecule is CN=C(NCC(C)Oc1ccccc1Cl)N1CCN(c2cnn(C)c2)C(=O)C1. The third kappa shape index (κ3) is 4.75. The minimum atomic E-state index is -0.121. The van der Waals surface area contributed by atoms with Crippen LogP contribution >= 0.6 is 11.6 Å². The number of para-hydroxylation sites is 1. The van der Waals surface area contributed by atoms with Gasteiger partial charge in [-0.2, -0.15) is 5.10 Å². The molecule has 0 saturated carbocycles. The maximum atomic E-state index is 12.6. The molecule has 3 rings (SSSR count). The third-order valence-corrected chi connectivity index (χ3v) is 4.76. The van der Waals surface area contributed by atoms with E-state index in [4.69, 9.17) is 16.3 Å². The van der Waals surface area contributed by atoms with Crippen molar-refractivity contribution in [2.45, 2.75) is 13.0 Å². The van der Waals surface area contributed by atoms with E-state index in [9.17, 15) is 4.79 Å². The Hall–Kier alpha value is -2.74. The minimum absolute atomic E-state index is 0.0163. The van der Waals surface area contributed by atoms with Crippen molar-refractivity contribution in [3.8, 4) is 5.75 Å². The van der Waals surface area contributed by atoms with Crippen molar-refractivity contribution >= 4 is 29.2 Å². The van der Waals surface area contributed by atoms with E-state index in [0.717, 1.165) is 5.69 Å². The second-order valence-corrected chi connectivity index (χ2v) is 7.03. The predicted molar refractivity (Wildman–Crippen MR) is 110 cm³/mol. The van der Waals surface area contributed by atoms with Crippen molar-refractivity contribution in [3.63, 3.8) is 0 Å². The third-order valence-electron chi connectivity index (χ3n) is 4.45. The number of carbonyl (C=O) groups excluding carboxylic acids is 1. The topological polar surface area (TPSA) is 75.0 Å². The number of aryl methyl sites for hydroxylation is 1. The van der Waals surface area contributed by atoms with E-state index in [1.54, 1.807) is 28.9 Å². The highest BCUT2D eigenvalue weighted by molar-refractivity contribution is 6.32. The number of aliphatic imine (C=N–C) groups is 1. The van der Waals surface area contributed by atoms with E-state index in [2.05, 4.69) is 15.4 Å². The maximum absolute atomic E-state index is 12.6. The first kappa shape index (κ1) is 20.0. The monoisotopic (exact) mass is 404 g/mol. The average molecular weight is 405 g/mol. The fourth-order valence-corrected chi connectivity index (χ4v) is 3.22. The molecule has 1 saturated heterocycles. The molecule has 1 aromatic carbocycles. The van der Waals surface area contributed by atoms with Gasteiger partial charge in [-0.25, -0.2) is 0 Å². The molecule has 1 fully saturated rings. The summed E-state index contributed by atoms with van der Waals surface area (Å²) < 4.78 is 7.56. The van der Waals surface area contributed by atoms with E-state index in [1.165, 1.54) is 0 Å². The normalized spacial score (nSPS) is 16.3. The maximum Gasteiger partial charge on any atom is 0.246 e. The Kier molecular flexibility index (Phi) is 6.41. The van der Waals surface area contributed by atoms with Crippen molar-refractivity contribution in [1.29, 1.82) is 0 Å². The van der Waals surface area contributed by atoms with Gasteiger partial charge in [0.15, 0.2) is 5.96 Å². The molecule has 8 nitrogen and oxygen atoms in total. The van der Waals surface area contributed by atoms with Gasteiger partial charge in [0.05, 0.1) is 23.5 Å². The Labute approximate surface area is 169 Å². The van der Waals surface area contributed by atoms with Crippen LogP contribution in [-0.4, -0.2) is 65.9 Å². The van der Waals surface area contributed by atoms with Gasteiger partial charge in [-0.05, 0) is 19.1 Å². The molecule has 0 aliphatic carbocycles. The lowest BCUT2D eigenvalue weighted by molar-refractivity contribution is -0.120. The van der Waals surface area contributed by atoms with Gasteiger partial charge in [-0.15, -0.1) is 0 Å². The van der Waals surface area contributed by atoms with Crippen LogP contribution in [0, 0.1) is 0 Å². The Balaban J connectivity index is 1.53. The summed E-state index contributed by atoms with van der Waals surface area (Å²) in [7, 11) is 3.54. The number of benzene rings is 1. The zero-order valence-corrected chi connectivity index (χ0v) is 17.1. The van der Waals surface area contributed by atoms with Gasteiger partial charge in [-0.1, -0.05) is 23.7 Å². The lowest BCUT2D eigenvalue weighted by atomic mass is 10.3. The first-order chi connectivity index (χ1) is 13.5. The molecule has 2 heterocycles. The van der Waals surface area contributed by atoms with Gasteiger partial charge < -0.3 is 19.9 Å². The summed E-state index contributed by atoms with van der Waals surface area (Å²) in [5.41, 5.74) is 0.817. The van der Waals surface area contributed by atoms with E-state index in [-0.39, 0.29) is 18.6 Å². The highest BCUT2D eigenvalue weighted by Crippen LogP contribution is 2.24. The molecule has 1 aliphatic rings. The summed E-state index contributed by atoms with van der Waals surface area (Å²) in [6.45, 7) is 4.01. The standard InChI is InChI=1S/C19H25ClN6O2/c1-14(28-17-7-5-4-6-16(17)20)10-22-19(21-2)25-8-9-26(18(27)13-25)15-11-23-24(3)12-15/h4-7,11-12,14H,8-10,13H2,1-3H3,(H,21,22). The van der Waals surface area contributed by atoms with Crippen LogP contribution in [0.2, 0.25) is 5.02 Å². The molecule has 9 heteroatoms. The van der Waals surface area contributed by atoms with Gasteiger partial charge in [-0.3, -0.25) is 14.5 Å². The highest BCUT2D eigenvalue weighted by Gasteiger charge is 2.27. The average Bonchev–Trinajstić information content (AvgIpc) is 3.10. The van der Waals surface area contributed by atoms with E-state index in [0.29, 0.717) is 36.4 Å². The number of hydrogen-bond donors (Lipinski definition) is 1. The van der Waals surface area contributed by atoms with Crippen LogP contribution in [0.4, 0.5) is 5.69 Å². The van der Waals surface area contributed by atoms with Gasteiger partial charge in [0.25, 0.3) is 0 Å². The Bertz CT molecular complexity index is 852. The molecule has 1 amide bonds. The number of aromatic nitrogens is 2. The first-order valence-corrected chi connectivity index (χ1v) is 9.51. The molecule has 0 radical (unpaired) electrons. The number of hydrogen-bond acceptors (Lipinski definition) is 4. The zero-order valence-electron chi connectivity index (χ0n) is 16.3. The molecular weight excluding hydrogens is 380 g/mol. The van der Waals surface area contributed by atoms with Crippen molar-refractivity contribution in [1.82, 2.24) is 20.0 Å². The molecule has 0 bridgehead atoms. The van der Waals surface area contributed by atoms with Crippen LogP contribution in [0.25, 0.3) is 0 Å². The number of guanidine groups is 1. The van der Waals surface area contributed by atoms with Gasteiger partial charge in [0.1, 0.15) is 18.4 Å². The van der Waals surface area contributed by atoms with Gasteiger partial charge in [0, 0.05) is 33.4 Å². The molecule has 0 spiro atoms. The van der Waals surface area contributed by atoms with Crippen molar-refractivity contribution in [2.75, 3.05) is 38.1 Å². The number of nitrogens with one attached hydrogen (secondary N) is 1. The minimum Gasteiger partial charge on any atom is -0.487 e. The number of carbonyl (C=O) groups is 1. The Morgan fingerprint density at radius 1 is 1.39 bits per heavy atom. The Morgan fingerprint density at radius 3 is 2.82 bits per heavy atom. The Morgan fingerprint density at radius 2 is 2.18 bits per heavy atom. The number of anilines is 1. The van der Waals surface area contributed by atoms with Crippen LogP contribution < -0.4 is 15.0 Å². The molecule has 1 aliphatic heterocycles. The molecule has 1 atom stereocenters. The summed E-state index contributed by atoms with van der Waals surface area (Å²) in [6, 6.07) is 7.38. The zero-order chi connectivity index (χ0) is 20.1. The van der Waals surface area contributed by atoms with E-state index < -0.39 is 0 Å². The van der Waals surface area contributed by atoms with Crippen LogP contribution in [0.5, 0.6) is 5.75 Å². The molecule has 28 heavy (non-hydrogen) atoms. The lowest BCUT2D eigenvalue weighted by Crippen LogP contribution is -2.56. The smallest absolute Gasteiger partial charge is 0.246 e. The summed E-state index contributed by atoms with van der Waals surface area (Å²) in [4.78, 5) is 20.6. The molecule has 150 valence electrons. The van der Waals surface area contributed by atoms with Gasteiger partial charge in [0.2, 0.25) is 5.91 Å². The summed E-state index contributed by atoms with van der Waals surface area (Å²) in [5.74, 6) is 1.34. The number of amides is 1. The quantitative estimate of drug-likeness (QED) is 0.607. The van der Waals surface area contributed by atoms with Crippen LogP contribution in [0.3, 0.4) is 0 Å². The molecule has 2 aromatic rings. The second-order valence-electron chi connectivity index (χ2n) is 6.63. The predicted octanol–water partition coefficient (Wildman–Crippen LogP) is 1.77. The molecule has 1 unspecified atom stereocenters. The number of rotatable bonds is 5. The molecule has 1 aromatic heterocycles. The van der Waals surface area contributed by atoms with Crippen molar-refractivity contribution in [3.05, 3.63) is 41.7 Å². The number of ether oxygens (including phenoxy) is 1. The molecule has 1 N–H and O–H groups in total.